The first kappa shape index (κ1) is 16.6. The summed E-state index contributed by atoms with van der Waals surface area (Å²) in [4.78, 5) is -0.00380. The van der Waals surface area contributed by atoms with E-state index >= 15 is 0 Å². The molecule has 2 aromatic rings. The van der Waals surface area contributed by atoms with Gasteiger partial charge < -0.3 is 5.32 Å². The maximum atomic E-state index is 12.2. The topological polar surface area (TPSA) is 58.2 Å². The molecule has 1 aromatic heterocycles. The smallest absolute Gasteiger partial charge is 0.264 e. The van der Waals surface area contributed by atoms with E-state index in [0.29, 0.717) is 10.0 Å². The van der Waals surface area contributed by atoms with E-state index in [2.05, 4.69) is 10.0 Å². The Bertz CT molecular complexity index is 712. The number of sulfonamides is 1. The highest BCUT2D eigenvalue weighted by atomic mass is 35.5. The molecule has 0 spiro atoms. The summed E-state index contributed by atoms with van der Waals surface area (Å²) in [5.41, 5.74) is 1.56. The van der Waals surface area contributed by atoms with E-state index in [1.54, 1.807) is 12.1 Å². The van der Waals surface area contributed by atoms with Crippen LogP contribution in [-0.2, 0) is 16.6 Å². The van der Waals surface area contributed by atoms with Gasteiger partial charge in [-0.1, -0.05) is 42.3 Å². The summed E-state index contributed by atoms with van der Waals surface area (Å²) >= 11 is 12.7. The minimum absolute atomic E-state index is 0.00380. The van der Waals surface area contributed by atoms with Crippen molar-refractivity contribution in [2.45, 2.75) is 18.4 Å². The molecule has 114 valence electrons. The van der Waals surface area contributed by atoms with Crippen molar-refractivity contribution in [2.24, 2.45) is 0 Å². The summed E-state index contributed by atoms with van der Waals surface area (Å²) in [7, 11) is -3.72. The van der Waals surface area contributed by atoms with Crippen molar-refractivity contribution in [3.63, 3.8) is 0 Å². The standard InChI is InChI=1S/C13H14Cl2N2O2S2/c1-2-16-8-9-3-5-10(6-4-9)17-21(18,19)11-7-12(14)20-13(11)15/h3-7,16-17H,2,8H2,1H3. The molecule has 0 aliphatic heterocycles. The lowest BCUT2D eigenvalue weighted by atomic mass is 10.2. The molecule has 0 amide bonds. The van der Waals surface area contributed by atoms with Crippen LogP contribution in [0.4, 0.5) is 5.69 Å². The zero-order valence-electron chi connectivity index (χ0n) is 11.2. The van der Waals surface area contributed by atoms with Crippen molar-refractivity contribution >= 4 is 50.2 Å². The molecule has 2 rings (SSSR count). The fraction of sp³-hybridized carbons (Fsp3) is 0.231. The third-order valence-electron chi connectivity index (χ3n) is 2.70. The molecule has 0 saturated heterocycles. The molecule has 1 heterocycles. The van der Waals surface area contributed by atoms with Crippen LogP contribution >= 0.6 is 34.5 Å². The predicted molar refractivity (Wildman–Crippen MR) is 89.0 cm³/mol. The molecule has 21 heavy (non-hydrogen) atoms. The Kier molecular flexibility index (Phi) is 5.51. The summed E-state index contributed by atoms with van der Waals surface area (Å²) < 4.78 is 27.4. The molecule has 1 aromatic carbocycles. The largest absolute Gasteiger partial charge is 0.313 e. The number of rotatable bonds is 6. The summed E-state index contributed by atoms with van der Waals surface area (Å²) in [6, 6.07) is 8.50. The molecule has 0 radical (unpaired) electrons. The van der Waals surface area contributed by atoms with Crippen LogP contribution in [0.25, 0.3) is 0 Å². The van der Waals surface area contributed by atoms with Crippen LogP contribution in [0, 0.1) is 0 Å². The molecule has 0 atom stereocenters. The summed E-state index contributed by atoms with van der Waals surface area (Å²) in [6.07, 6.45) is 0. The third-order valence-corrected chi connectivity index (χ3v) is 5.83. The average Bonchev–Trinajstić information content (AvgIpc) is 2.77. The summed E-state index contributed by atoms with van der Waals surface area (Å²) in [5.74, 6) is 0. The van der Waals surface area contributed by atoms with Crippen LogP contribution in [0.2, 0.25) is 8.67 Å². The number of hydrogen-bond donors (Lipinski definition) is 2. The van der Waals surface area contributed by atoms with Crippen molar-refractivity contribution in [1.82, 2.24) is 5.32 Å². The van der Waals surface area contributed by atoms with Gasteiger partial charge in [-0.05, 0) is 30.3 Å². The van der Waals surface area contributed by atoms with Crippen LogP contribution in [0.5, 0.6) is 0 Å². The molecule has 2 N–H and O–H groups in total. The average molecular weight is 365 g/mol. The van der Waals surface area contributed by atoms with E-state index in [1.807, 2.05) is 19.1 Å². The fourth-order valence-electron chi connectivity index (χ4n) is 1.68. The second-order valence-corrected chi connectivity index (χ2v) is 8.21. The molecule has 0 fully saturated rings. The zero-order valence-corrected chi connectivity index (χ0v) is 14.3. The van der Waals surface area contributed by atoms with E-state index in [-0.39, 0.29) is 9.23 Å². The van der Waals surface area contributed by atoms with Crippen LogP contribution in [0.1, 0.15) is 12.5 Å². The van der Waals surface area contributed by atoms with Gasteiger partial charge >= 0.3 is 0 Å². The lowest BCUT2D eigenvalue weighted by molar-refractivity contribution is 0.601. The van der Waals surface area contributed by atoms with E-state index in [0.717, 1.165) is 30.0 Å². The van der Waals surface area contributed by atoms with Crippen LogP contribution < -0.4 is 10.0 Å². The van der Waals surface area contributed by atoms with Crippen LogP contribution in [0.15, 0.2) is 35.2 Å². The van der Waals surface area contributed by atoms with Crippen LogP contribution in [-0.4, -0.2) is 15.0 Å². The Balaban J connectivity index is 2.15. The lowest BCUT2D eigenvalue weighted by Crippen LogP contribution is -2.13. The number of hydrogen-bond acceptors (Lipinski definition) is 4. The third kappa shape index (κ3) is 4.34. The van der Waals surface area contributed by atoms with Gasteiger partial charge in [0.15, 0.2) is 0 Å². The number of benzene rings is 1. The van der Waals surface area contributed by atoms with E-state index in [4.69, 9.17) is 23.2 Å². The Morgan fingerprint density at radius 3 is 2.38 bits per heavy atom. The van der Waals surface area contributed by atoms with E-state index in [9.17, 15) is 8.42 Å². The Hall–Kier alpha value is -0.790. The first-order chi connectivity index (χ1) is 9.92. The van der Waals surface area contributed by atoms with Gasteiger partial charge in [0.05, 0.1) is 4.34 Å². The van der Waals surface area contributed by atoms with Crippen molar-refractivity contribution in [1.29, 1.82) is 0 Å². The predicted octanol–water partition coefficient (Wildman–Crippen LogP) is 3.97. The summed E-state index contributed by atoms with van der Waals surface area (Å²) in [6.45, 7) is 3.65. The molecule has 4 nitrogen and oxygen atoms in total. The highest BCUT2D eigenvalue weighted by Crippen LogP contribution is 2.35. The molecule has 8 heteroatoms. The molecule has 0 bridgehead atoms. The maximum Gasteiger partial charge on any atom is 0.264 e. The van der Waals surface area contributed by atoms with Gasteiger partial charge in [-0.15, -0.1) is 11.3 Å². The molecular formula is C13H14Cl2N2O2S2. The van der Waals surface area contributed by atoms with Gasteiger partial charge in [0.2, 0.25) is 0 Å². The van der Waals surface area contributed by atoms with Crippen molar-refractivity contribution in [2.75, 3.05) is 11.3 Å². The monoisotopic (exact) mass is 364 g/mol. The van der Waals surface area contributed by atoms with Crippen molar-refractivity contribution in [3.8, 4) is 0 Å². The maximum absolute atomic E-state index is 12.2. The second kappa shape index (κ2) is 6.98. The molecule has 0 unspecified atom stereocenters. The minimum atomic E-state index is -3.72. The van der Waals surface area contributed by atoms with E-state index in [1.165, 1.54) is 6.07 Å². The van der Waals surface area contributed by atoms with Crippen molar-refractivity contribution in [3.05, 3.63) is 44.6 Å². The normalized spacial score (nSPS) is 11.6. The van der Waals surface area contributed by atoms with Crippen LogP contribution in [0.3, 0.4) is 0 Å². The number of thiophene rings is 1. The Morgan fingerprint density at radius 2 is 1.86 bits per heavy atom. The lowest BCUT2D eigenvalue weighted by Gasteiger charge is -2.08. The molecule has 0 aliphatic rings. The highest BCUT2D eigenvalue weighted by molar-refractivity contribution is 7.93. The first-order valence-corrected chi connectivity index (χ1v) is 9.25. The van der Waals surface area contributed by atoms with Gasteiger partial charge in [-0.2, -0.15) is 0 Å². The van der Waals surface area contributed by atoms with Gasteiger partial charge in [0.1, 0.15) is 9.23 Å². The van der Waals surface area contributed by atoms with Gasteiger partial charge in [-0.25, -0.2) is 8.42 Å². The quantitative estimate of drug-likeness (QED) is 0.815. The highest BCUT2D eigenvalue weighted by Gasteiger charge is 2.21. The molecule has 0 aliphatic carbocycles. The zero-order chi connectivity index (χ0) is 15.5. The second-order valence-electron chi connectivity index (χ2n) is 4.27. The minimum Gasteiger partial charge on any atom is -0.313 e. The number of halogens is 2. The van der Waals surface area contributed by atoms with Gasteiger partial charge in [0.25, 0.3) is 10.0 Å². The summed E-state index contributed by atoms with van der Waals surface area (Å²) in [5, 5.41) is 3.20. The molecular weight excluding hydrogens is 351 g/mol. The first-order valence-electron chi connectivity index (χ1n) is 6.19. The van der Waals surface area contributed by atoms with E-state index < -0.39 is 10.0 Å². The van der Waals surface area contributed by atoms with Gasteiger partial charge in [0, 0.05) is 12.2 Å². The van der Waals surface area contributed by atoms with Gasteiger partial charge in [-0.3, -0.25) is 4.72 Å². The Morgan fingerprint density at radius 1 is 1.19 bits per heavy atom. The number of nitrogens with one attached hydrogen (secondary N) is 2. The Labute approximate surface area is 138 Å². The molecule has 0 saturated carbocycles. The SMILES string of the molecule is CCNCc1ccc(NS(=O)(=O)c2cc(Cl)sc2Cl)cc1. The number of anilines is 1. The fourth-order valence-corrected chi connectivity index (χ4v) is 4.89. The van der Waals surface area contributed by atoms with Crippen molar-refractivity contribution < 1.29 is 8.42 Å².